The molecule has 38 heavy (non-hydrogen) atoms. The summed E-state index contributed by atoms with van der Waals surface area (Å²) in [5, 5.41) is 7.12. The smallest absolute Gasteiger partial charge is 0.307 e. The van der Waals surface area contributed by atoms with E-state index in [1.165, 1.54) is 34.6 Å². The lowest BCUT2D eigenvalue weighted by Crippen LogP contribution is -2.21. The zero-order chi connectivity index (χ0) is 27.2. The van der Waals surface area contributed by atoms with E-state index in [9.17, 15) is 18.0 Å². The molecule has 7 heteroatoms. The second-order valence-corrected chi connectivity index (χ2v) is 11.6. The van der Waals surface area contributed by atoms with Crippen molar-refractivity contribution in [3.63, 3.8) is 0 Å². The Morgan fingerprint density at radius 2 is 1.50 bits per heavy atom. The zero-order valence-corrected chi connectivity index (χ0v) is 22.7. The van der Waals surface area contributed by atoms with Gasteiger partial charge in [-0.3, -0.25) is 5.32 Å². The summed E-state index contributed by atoms with van der Waals surface area (Å²) in [4.78, 5) is 13.4. The number of nitrogens with one attached hydrogen (secondary N) is 2. The summed E-state index contributed by atoms with van der Waals surface area (Å²) in [6.07, 6.45) is -1.61. The molecule has 5 rings (SSSR count). The van der Waals surface area contributed by atoms with Gasteiger partial charge in [-0.05, 0) is 77.1 Å². The van der Waals surface area contributed by atoms with Gasteiger partial charge in [0.1, 0.15) is 5.00 Å². The monoisotopic (exact) mass is 536 g/mol. The Hall–Kier alpha value is -3.32. The van der Waals surface area contributed by atoms with E-state index in [1.807, 2.05) is 24.3 Å². The van der Waals surface area contributed by atoms with Gasteiger partial charge in [-0.15, -0.1) is 11.3 Å². The van der Waals surface area contributed by atoms with E-state index in [2.05, 4.69) is 44.4 Å². The molecule has 1 aliphatic rings. The van der Waals surface area contributed by atoms with Crippen LogP contribution in [0, 0.1) is 0 Å². The molecule has 0 bridgehead atoms. The fourth-order valence-corrected chi connectivity index (χ4v) is 6.57. The normalized spacial score (nSPS) is 13.4. The van der Waals surface area contributed by atoms with E-state index in [1.54, 1.807) is 6.07 Å². The summed E-state index contributed by atoms with van der Waals surface area (Å²) >= 11 is 1.32. The minimum absolute atomic E-state index is 0.0740. The van der Waals surface area contributed by atoms with Gasteiger partial charge in [0.2, 0.25) is 0 Å². The van der Waals surface area contributed by atoms with Crippen LogP contribution in [0.15, 0.2) is 54.6 Å². The number of thiophene rings is 1. The van der Waals surface area contributed by atoms with Crippen LogP contribution >= 0.6 is 11.3 Å². The number of halogens is 3. The molecule has 2 amide bonds. The lowest BCUT2D eigenvalue weighted by atomic mass is 9.93. The van der Waals surface area contributed by atoms with Crippen LogP contribution in [-0.2, 0) is 19.0 Å². The maximum absolute atomic E-state index is 14.1. The Morgan fingerprint density at radius 3 is 2.13 bits per heavy atom. The molecule has 4 aromatic rings. The number of rotatable bonds is 5. The Labute approximate surface area is 225 Å². The van der Waals surface area contributed by atoms with E-state index in [4.69, 9.17) is 0 Å². The number of benzene rings is 3. The molecule has 0 fully saturated rings. The predicted molar refractivity (Wildman–Crippen MR) is 152 cm³/mol. The number of urea groups is 1. The Bertz CT molecular complexity index is 1490. The fraction of sp³-hybridized carbons (Fsp3) is 0.323. The Morgan fingerprint density at radius 1 is 0.868 bits per heavy atom. The van der Waals surface area contributed by atoms with E-state index in [0.29, 0.717) is 10.6 Å². The molecule has 0 saturated carbocycles. The molecule has 0 spiro atoms. The molecule has 198 valence electrons. The molecule has 0 atom stereocenters. The third-order valence-corrected chi connectivity index (χ3v) is 8.31. The van der Waals surface area contributed by atoms with Crippen molar-refractivity contribution in [2.24, 2.45) is 0 Å². The van der Waals surface area contributed by atoms with Gasteiger partial charge >= 0.3 is 12.2 Å². The molecular weight excluding hydrogens is 505 g/mol. The number of hydrogen-bond donors (Lipinski definition) is 2. The number of carbonyl (C=O) groups is 1. The van der Waals surface area contributed by atoms with Crippen molar-refractivity contribution in [3.05, 3.63) is 82.4 Å². The van der Waals surface area contributed by atoms with Crippen LogP contribution in [0.2, 0.25) is 0 Å². The third-order valence-electron chi connectivity index (χ3n) is 7.24. The first-order chi connectivity index (χ1) is 18.0. The number of hydrogen-bond acceptors (Lipinski definition) is 2. The van der Waals surface area contributed by atoms with Crippen molar-refractivity contribution in [1.29, 1.82) is 0 Å². The van der Waals surface area contributed by atoms with Gasteiger partial charge in [0.05, 0.1) is 5.56 Å². The molecule has 2 N–H and O–H groups in total. The largest absolute Gasteiger partial charge is 0.417 e. The number of alkyl halides is 3. The van der Waals surface area contributed by atoms with Crippen molar-refractivity contribution in [3.8, 4) is 11.1 Å². The minimum atomic E-state index is -4.52. The van der Waals surface area contributed by atoms with Gasteiger partial charge in [-0.25, -0.2) is 4.79 Å². The predicted octanol–water partition coefficient (Wildman–Crippen LogP) is 9.97. The van der Waals surface area contributed by atoms with E-state index in [0.717, 1.165) is 52.2 Å². The van der Waals surface area contributed by atoms with Crippen molar-refractivity contribution >= 4 is 38.1 Å². The maximum atomic E-state index is 14.1. The highest BCUT2D eigenvalue weighted by atomic mass is 32.1. The first kappa shape index (κ1) is 26.3. The van der Waals surface area contributed by atoms with E-state index in [-0.39, 0.29) is 17.4 Å². The summed E-state index contributed by atoms with van der Waals surface area (Å²) in [5.41, 5.74) is 4.98. The first-order valence-corrected chi connectivity index (χ1v) is 13.8. The van der Waals surface area contributed by atoms with Gasteiger partial charge in [0, 0.05) is 21.3 Å². The third kappa shape index (κ3) is 4.92. The van der Waals surface area contributed by atoms with Crippen LogP contribution in [0.3, 0.4) is 0 Å². The Balaban J connectivity index is 1.62. The zero-order valence-electron chi connectivity index (χ0n) is 21.9. The topological polar surface area (TPSA) is 41.1 Å². The van der Waals surface area contributed by atoms with Crippen LogP contribution in [0.5, 0.6) is 0 Å². The summed E-state index contributed by atoms with van der Waals surface area (Å²) in [5.74, 6) is 0.370. The van der Waals surface area contributed by atoms with Gasteiger partial charge in [-0.2, -0.15) is 13.2 Å². The summed E-state index contributed by atoms with van der Waals surface area (Å²) in [6, 6.07) is 15.2. The molecule has 3 aromatic carbocycles. The second kappa shape index (κ2) is 10.1. The maximum Gasteiger partial charge on any atom is 0.417 e. The molecule has 1 aliphatic carbocycles. The number of amides is 2. The molecule has 1 aromatic heterocycles. The van der Waals surface area contributed by atoms with Crippen molar-refractivity contribution in [2.45, 2.75) is 65.0 Å². The molecular formula is C31H31F3N2OS. The van der Waals surface area contributed by atoms with Gasteiger partial charge < -0.3 is 5.32 Å². The number of anilines is 2. The SMILES string of the molecule is CC(C)c1cccc(C(C)C)c1NC(=O)Nc1sc2cc3c(cc2c1-c1ccccc1C(F)(F)F)CCC3. The molecule has 0 unspecified atom stereocenters. The fourth-order valence-electron chi connectivity index (χ4n) is 5.41. The summed E-state index contributed by atoms with van der Waals surface area (Å²) in [6.45, 7) is 8.28. The molecule has 0 saturated heterocycles. The van der Waals surface area contributed by atoms with Crippen LogP contribution in [0.1, 0.15) is 73.8 Å². The highest BCUT2D eigenvalue weighted by Gasteiger charge is 2.35. The van der Waals surface area contributed by atoms with E-state index >= 15 is 0 Å². The summed E-state index contributed by atoms with van der Waals surface area (Å²) in [7, 11) is 0. The molecule has 3 nitrogen and oxygen atoms in total. The number of fused-ring (bicyclic) bond motifs is 2. The summed E-state index contributed by atoms with van der Waals surface area (Å²) < 4.78 is 43.1. The van der Waals surface area contributed by atoms with Crippen LogP contribution in [0.25, 0.3) is 21.2 Å². The van der Waals surface area contributed by atoms with E-state index < -0.39 is 17.8 Å². The highest BCUT2D eigenvalue weighted by Crippen LogP contribution is 2.48. The minimum Gasteiger partial charge on any atom is -0.307 e. The number of aryl methyl sites for hydroxylation is 2. The quantitative estimate of drug-likeness (QED) is 0.262. The molecule has 1 heterocycles. The highest BCUT2D eigenvalue weighted by molar-refractivity contribution is 7.23. The van der Waals surface area contributed by atoms with Crippen molar-refractivity contribution in [1.82, 2.24) is 0 Å². The average molecular weight is 537 g/mol. The molecule has 0 aliphatic heterocycles. The number of carbonyl (C=O) groups excluding carboxylic acids is 1. The van der Waals surface area contributed by atoms with Gasteiger partial charge in [-0.1, -0.05) is 64.1 Å². The first-order valence-electron chi connectivity index (χ1n) is 13.0. The molecule has 0 radical (unpaired) electrons. The van der Waals surface area contributed by atoms with Gasteiger partial charge in [0.15, 0.2) is 0 Å². The standard InChI is InChI=1S/C31H31F3N2OS/c1-17(2)21-12-8-13-22(18(3)4)28(21)35-30(37)36-29-27(23-11-5-6-14-25(23)31(32,33)34)24-15-19-9-7-10-20(19)16-26(24)38-29/h5-6,8,11-18H,7,9-10H2,1-4H3,(H2,35,36,37). The van der Waals surface area contributed by atoms with Crippen molar-refractivity contribution < 1.29 is 18.0 Å². The van der Waals surface area contributed by atoms with Crippen LogP contribution < -0.4 is 10.6 Å². The van der Waals surface area contributed by atoms with Crippen LogP contribution in [0.4, 0.5) is 28.7 Å². The lowest BCUT2D eigenvalue weighted by Gasteiger charge is -2.20. The van der Waals surface area contributed by atoms with Crippen molar-refractivity contribution in [2.75, 3.05) is 10.6 Å². The average Bonchev–Trinajstić information content (AvgIpc) is 3.44. The second-order valence-electron chi connectivity index (χ2n) is 10.5. The van der Waals surface area contributed by atoms with Gasteiger partial charge in [0.25, 0.3) is 0 Å². The van der Waals surface area contributed by atoms with Crippen LogP contribution in [-0.4, -0.2) is 6.03 Å². The lowest BCUT2D eigenvalue weighted by molar-refractivity contribution is -0.137. The number of para-hydroxylation sites is 1. The Kier molecular flexibility index (Phi) is 6.99.